The largest absolute Gasteiger partial charge is 0.316 e. The van der Waals surface area contributed by atoms with Gasteiger partial charge in [0.25, 0.3) is 5.96 Å². The van der Waals surface area contributed by atoms with Gasteiger partial charge in [0.15, 0.2) is 5.03 Å². The molecular formula is C9H10ClN5O2. The molecule has 2 heterocycles. The van der Waals surface area contributed by atoms with E-state index in [0.29, 0.717) is 12.1 Å². The van der Waals surface area contributed by atoms with E-state index in [1.807, 2.05) is 0 Å². The van der Waals surface area contributed by atoms with Crippen molar-refractivity contribution in [3.63, 3.8) is 0 Å². The molecule has 7 nitrogen and oxygen atoms in total. The molecule has 1 saturated heterocycles. The van der Waals surface area contributed by atoms with E-state index in [4.69, 9.17) is 17.0 Å². The monoisotopic (exact) mass is 255 g/mol. The first kappa shape index (κ1) is 11.6. The zero-order chi connectivity index (χ0) is 12.4. The molecule has 1 aromatic rings. The average molecular weight is 256 g/mol. The van der Waals surface area contributed by atoms with Gasteiger partial charge >= 0.3 is 0 Å². The van der Waals surface area contributed by atoms with E-state index in [-0.39, 0.29) is 12.5 Å². The number of alkyl halides is 1. The number of halogens is 1. The number of guanidine groups is 1. The van der Waals surface area contributed by atoms with E-state index in [2.05, 4.69) is 4.98 Å². The fourth-order valence-electron chi connectivity index (χ4n) is 1.64. The van der Waals surface area contributed by atoms with Crippen molar-refractivity contribution in [3.8, 4) is 0 Å². The first-order chi connectivity index (χ1) is 8.11. The van der Waals surface area contributed by atoms with Gasteiger partial charge in [-0.25, -0.2) is 10.1 Å². The van der Waals surface area contributed by atoms with E-state index in [1.54, 1.807) is 24.5 Å². The van der Waals surface area contributed by atoms with Gasteiger partial charge in [-0.15, -0.1) is 0 Å². The molecule has 0 bridgehead atoms. The molecule has 1 aromatic heterocycles. The molecule has 17 heavy (non-hydrogen) atoms. The summed E-state index contributed by atoms with van der Waals surface area (Å²) in [5.41, 5.74) is 0.102. The van der Waals surface area contributed by atoms with Crippen molar-refractivity contribution in [2.45, 2.75) is 5.50 Å². The lowest BCUT2D eigenvalue weighted by Gasteiger charge is -2.22. The number of hydrogen-bond acceptors (Lipinski definition) is 4. The standard InChI is InChI=1S/C9H10ClN5O2/c10-8(7-2-1-3-12-6-7)13-4-5-14(9(13)11)15(16)17/h1-3,6,8,11H,4-5H2. The van der Waals surface area contributed by atoms with Crippen molar-refractivity contribution < 1.29 is 5.03 Å². The normalized spacial score (nSPS) is 17.4. The summed E-state index contributed by atoms with van der Waals surface area (Å²) in [6, 6.07) is 3.50. The van der Waals surface area contributed by atoms with Crippen LogP contribution >= 0.6 is 11.6 Å². The van der Waals surface area contributed by atoms with E-state index >= 15 is 0 Å². The average Bonchev–Trinajstić information content (AvgIpc) is 2.71. The van der Waals surface area contributed by atoms with Crippen LogP contribution in [0.25, 0.3) is 0 Å². The predicted molar refractivity (Wildman–Crippen MR) is 61.0 cm³/mol. The van der Waals surface area contributed by atoms with Gasteiger partial charge in [-0.3, -0.25) is 10.4 Å². The molecule has 90 valence electrons. The van der Waals surface area contributed by atoms with Crippen molar-refractivity contribution >= 4 is 17.6 Å². The van der Waals surface area contributed by atoms with Crippen LogP contribution in [-0.4, -0.2) is 39.0 Å². The second-order valence-corrected chi connectivity index (χ2v) is 3.91. The molecule has 1 fully saturated rings. The molecule has 0 aliphatic carbocycles. The minimum absolute atomic E-state index is 0.162. The molecule has 8 heteroatoms. The number of rotatable bonds is 3. The van der Waals surface area contributed by atoms with Crippen molar-refractivity contribution in [1.29, 1.82) is 5.41 Å². The van der Waals surface area contributed by atoms with Gasteiger partial charge in [-0.05, 0) is 6.07 Å². The highest BCUT2D eigenvalue weighted by Gasteiger charge is 2.37. The molecule has 0 amide bonds. The summed E-state index contributed by atoms with van der Waals surface area (Å²) in [5.74, 6) is -0.196. The van der Waals surface area contributed by atoms with Gasteiger partial charge in [-0.1, -0.05) is 22.7 Å². The van der Waals surface area contributed by atoms with Crippen LogP contribution in [0.2, 0.25) is 0 Å². The fourth-order valence-corrected chi connectivity index (χ4v) is 1.96. The lowest BCUT2D eigenvalue weighted by Crippen LogP contribution is -2.36. The summed E-state index contributed by atoms with van der Waals surface area (Å²) in [6.07, 6.45) is 3.20. The number of pyridine rings is 1. The molecule has 1 aliphatic rings. The third-order valence-corrected chi connectivity index (χ3v) is 2.99. The van der Waals surface area contributed by atoms with Crippen LogP contribution in [0.5, 0.6) is 0 Å². The molecule has 0 aromatic carbocycles. The number of hydrogen-bond donors (Lipinski definition) is 1. The predicted octanol–water partition coefficient (Wildman–Crippen LogP) is 1.06. The molecule has 2 rings (SSSR count). The first-order valence-corrected chi connectivity index (χ1v) is 5.36. The Morgan fingerprint density at radius 2 is 2.35 bits per heavy atom. The van der Waals surface area contributed by atoms with Crippen molar-refractivity contribution in [2.75, 3.05) is 13.1 Å². The maximum absolute atomic E-state index is 10.6. The van der Waals surface area contributed by atoms with Gasteiger partial charge in [-0.2, -0.15) is 0 Å². The highest BCUT2D eigenvalue weighted by atomic mass is 35.5. The van der Waals surface area contributed by atoms with Crippen LogP contribution in [-0.2, 0) is 0 Å². The van der Waals surface area contributed by atoms with Crippen molar-refractivity contribution in [2.24, 2.45) is 0 Å². The highest BCUT2D eigenvalue weighted by Crippen LogP contribution is 2.27. The second kappa shape index (κ2) is 4.54. The topological polar surface area (TPSA) is 86.4 Å². The third-order valence-electron chi connectivity index (χ3n) is 2.50. The maximum Gasteiger partial charge on any atom is 0.258 e. The Balaban J connectivity index is 2.15. The van der Waals surface area contributed by atoms with Crippen LogP contribution in [0.3, 0.4) is 0 Å². The van der Waals surface area contributed by atoms with Gasteiger partial charge < -0.3 is 4.90 Å². The Hall–Kier alpha value is -1.89. The maximum atomic E-state index is 10.6. The van der Waals surface area contributed by atoms with Crippen molar-refractivity contribution in [3.05, 3.63) is 40.2 Å². The molecule has 0 radical (unpaired) electrons. The Morgan fingerprint density at radius 1 is 1.59 bits per heavy atom. The third kappa shape index (κ3) is 2.14. The lowest BCUT2D eigenvalue weighted by atomic mass is 10.2. The Morgan fingerprint density at radius 3 is 2.88 bits per heavy atom. The SMILES string of the molecule is N=C1N(C(Cl)c2cccnc2)CCN1[N+](=O)[O-]. The van der Waals surface area contributed by atoms with E-state index in [0.717, 1.165) is 5.01 Å². The smallest absolute Gasteiger partial charge is 0.258 e. The summed E-state index contributed by atoms with van der Waals surface area (Å²) in [4.78, 5) is 16.0. The second-order valence-electron chi connectivity index (χ2n) is 3.50. The van der Waals surface area contributed by atoms with Crippen LogP contribution in [0.15, 0.2) is 24.5 Å². The molecular weight excluding hydrogens is 246 g/mol. The summed E-state index contributed by atoms with van der Waals surface area (Å²) in [6.45, 7) is 0.512. The minimum atomic E-state index is -0.610. The lowest BCUT2D eigenvalue weighted by molar-refractivity contribution is -0.627. The van der Waals surface area contributed by atoms with Crippen molar-refractivity contribution in [1.82, 2.24) is 14.9 Å². The Labute approximate surface area is 102 Å². The zero-order valence-electron chi connectivity index (χ0n) is 8.78. The molecule has 1 N–H and O–H groups in total. The van der Waals surface area contributed by atoms with Crippen LogP contribution in [0.4, 0.5) is 0 Å². The molecule has 0 saturated carbocycles. The number of nitrogens with zero attached hydrogens (tertiary/aromatic N) is 4. The fraction of sp³-hybridized carbons (Fsp3) is 0.333. The number of nitro groups is 1. The van der Waals surface area contributed by atoms with Crippen LogP contribution in [0.1, 0.15) is 11.1 Å². The van der Waals surface area contributed by atoms with E-state index < -0.39 is 10.5 Å². The summed E-state index contributed by atoms with van der Waals surface area (Å²) < 4.78 is 0. The summed E-state index contributed by atoms with van der Waals surface area (Å²) in [7, 11) is 0. The number of aromatic nitrogens is 1. The quantitative estimate of drug-likeness (QED) is 0.378. The van der Waals surface area contributed by atoms with Gasteiger partial charge in [0, 0.05) is 24.5 Å². The molecule has 1 unspecified atom stereocenters. The van der Waals surface area contributed by atoms with Gasteiger partial charge in [0.1, 0.15) is 12.0 Å². The number of hydrazine groups is 1. The highest BCUT2D eigenvalue weighted by molar-refractivity contribution is 6.21. The molecule has 0 spiro atoms. The first-order valence-electron chi connectivity index (χ1n) is 4.92. The van der Waals surface area contributed by atoms with E-state index in [9.17, 15) is 10.1 Å². The van der Waals surface area contributed by atoms with Crippen LogP contribution < -0.4 is 0 Å². The van der Waals surface area contributed by atoms with Gasteiger partial charge in [0.05, 0.1) is 0 Å². The van der Waals surface area contributed by atoms with Crippen LogP contribution in [0, 0.1) is 15.5 Å². The minimum Gasteiger partial charge on any atom is -0.316 e. The Kier molecular flexibility index (Phi) is 3.10. The zero-order valence-corrected chi connectivity index (χ0v) is 9.54. The molecule has 1 aliphatic heterocycles. The summed E-state index contributed by atoms with van der Waals surface area (Å²) in [5, 5.41) is 18.5. The number of nitrogens with one attached hydrogen (secondary N) is 1. The Bertz CT molecular complexity index is 440. The molecule has 1 atom stereocenters. The van der Waals surface area contributed by atoms with Gasteiger partial charge in [0.2, 0.25) is 0 Å². The summed E-state index contributed by atoms with van der Waals surface area (Å²) >= 11 is 6.17. The van der Waals surface area contributed by atoms with E-state index in [1.165, 1.54) is 4.90 Å².